The molecule has 0 spiro atoms. The topological polar surface area (TPSA) is 17.1 Å². The minimum absolute atomic E-state index is 0.635. The Balaban J connectivity index is 3.17. The largest absolute Gasteiger partial charge is 0.291 e. The first-order valence-electron chi connectivity index (χ1n) is 9.20. The van der Waals surface area contributed by atoms with E-state index in [1.54, 1.807) is 0 Å². The molecule has 0 heterocycles. The summed E-state index contributed by atoms with van der Waals surface area (Å²) in [5.41, 5.74) is 0. The highest BCUT2D eigenvalue weighted by Crippen LogP contribution is 2.19. The summed E-state index contributed by atoms with van der Waals surface area (Å²) < 4.78 is 0. The fraction of sp³-hybridized carbons (Fsp3) is 0.947. The maximum atomic E-state index is 10.3. The second kappa shape index (κ2) is 16.7. The Labute approximate surface area is 127 Å². The van der Waals surface area contributed by atoms with E-state index in [-0.39, 0.29) is 0 Å². The minimum atomic E-state index is 0.635. The van der Waals surface area contributed by atoms with Gasteiger partial charge in [0, 0.05) is 6.42 Å². The highest BCUT2D eigenvalue weighted by atomic mass is 16.1. The Bertz CT molecular complexity index is 188. The number of rotatable bonds is 16. The predicted octanol–water partition coefficient (Wildman–Crippen LogP) is 6.60. The van der Waals surface area contributed by atoms with E-state index in [0.29, 0.717) is 6.42 Å². The summed E-state index contributed by atoms with van der Waals surface area (Å²) in [4.78, 5) is 10.3. The molecule has 1 unspecified atom stereocenters. The van der Waals surface area contributed by atoms with Gasteiger partial charge in [-0.25, -0.2) is 0 Å². The van der Waals surface area contributed by atoms with E-state index >= 15 is 0 Å². The molecule has 0 aromatic heterocycles. The van der Waals surface area contributed by atoms with Gasteiger partial charge in [-0.2, -0.15) is 0 Å². The number of unbranched alkanes of at least 4 members (excludes halogenated alkanes) is 10. The first kappa shape index (κ1) is 19.7. The standard InChI is InChI=1S/C19H37O/c1-3-5-6-7-8-9-10-11-12-13-14-16-19(4-2)17-15-18-20/h19H,3-17H2,1-2H3. The monoisotopic (exact) mass is 281 g/mol. The fourth-order valence-corrected chi connectivity index (χ4v) is 2.91. The number of carbonyl (C=O) groups excluding carboxylic acids is 1. The second-order valence-electron chi connectivity index (χ2n) is 6.28. The van der Waals surface area contributed by atoms with Crippen molar-refractivity contribution >= 4 is 6.29 Å². The van der Waals surface area contributed by atoms with Gasteiger partial charge in [0.15, 0.2) is 6.29 Å². The smallest absolute Gasteiger partial charge is 0.198 e. The van der Waals surface area contributed by atoms with Gasteiger partial charge in [0.25, 0.3) is 0 Å². The van der Waals surface area contributed by atoms with Gasteiger partial charge in [-0.3, -0.25) is 4.79 Å². The molecule has 0 N–H and O–H groups in total. The molecule has 1 radical (unpaired) electrons. The molecule has 20 heavy (non-hydrogen) atoms. The van der Waals surface area contributed by atoms with Crippen LogP contribution >= 0.6 is 0 Å². The SMILES string of the molecule is CCCCCCCCCCCCCC(CC)CC[C]=O. The van der Waals surface area contributed by atoms with Crippen molar-refractivity contribution in [3.05, 3.63) is 0 Å². The van der Waals surface area contributed by atoms with E-state index in [0.717, 1.165) is 12.3 Å². The average molecular weight is 282 g/mol. The van der Waals surface area contributed by atoms with Crippen LogP contribution in [0.3, 0.4) is 0 Å². The number of hydrogen-bond donors (Lipinski definition) is 0. The van der Waals surface area contributed by atoms with Crippen LogP contribution in [0.4, 0.5) is 0 Å². The molecule has 119 valence electrons. The Morgan fingerprint density at radius 1 is 0.700 bits per heavy atom. The molecular weight excluding hydrogens is 244 g/mol. The lowest BCUT2D eigenvalue weighted by atomic mass is 9.93. The lowest BCUT2D eigenvalue weighted by molar-refractivity contribution is 0.413. The Hall–Kier alpha value is -0.330. The first-order chi connectivity index (χ1) is 9.85. The van der Waals surface area contributed by atoms with E-state index in [1.807, 2.05) is 6.29 Å². The van der Waals surface area contributed by atoms with Gasteiger partial charge in [0.2, 0.25) is 0 Å². The normalized spacial score (nSPS) is 12.5. The molecular formula is C19H37O. The zero-order chi connectivity index (χ0) is 14.9. The lowest BCUT2D eigenvalue weighted by Crippen LogP contribution is -1.99. The van der Waals surface area contributed by atoms with Crippen LogP contribution < -0.4 is 0 Å². The van der Waals surface area contributed by atoms with Gasteiger partial charge in [-0.05, 0) is 12.3 Å². The molecule has 1 nitrogen and oxygen atoms in total. The molecule has 0 saturated heterocycles. The van der Waals surface area contributed by atoms with Gasteiger partial charge < -0.3 is 0 Å². The van der Waals surface area contributed by atoms with Crippen molar-refractivity contribution in [2.75, 3.05) is 0 Å². The maximum absolute atomic E-state index is 10.3. The first-order valence-corrected chi connectivity index (χ1v) is 9.20. The van der Waals surface area contributed by atoms with Crippen molar-refractivity contribution in [3.63, 3.8) is 0 Å². The van der Waals surface area contributed by atoms with Crippen LogP contribution in [-0.4, -0.2) is 6.29 Å². The lowest BCUT2D eigenvalue weighted by Gasteiger charge is -2.12. The van der Waals surface area contributed by atoms with Crippen molar-refractivity contribution in [3.8, 4) is 0 Å². The van der Waals surface area contributed by atoms with Crippen molar-refractivity contribution in [2.45, 2.75) is 110 Å². The third-order valence-corrected chi connectivity index (χ3v) is 4.45. The summed E-state index contributed by atoms with van der Waals surface area (Å²) in [6.07, 6.45) is 21.8. The summed E-state index contributed by atoms with van der Waals surface area (Å²) in [5, 5.41) is 0. The van der Waals surface area contributed by atoms with Gasteiger partial charge in [0.1, 0.15) is 0 Å². The third kappa shape index (κ3) is 14.1. The minimum Gasteiger partial charge on any atom is -0.291 e. The molecule has 0 bridgehead atoms. The summed E-state index contributed by atoms with van der Waals surface area (Å²) >= 11 is 0. The molecule has 0 rings (SSSR count). The second-order valence-corrected chi connectivity index (χ2v) is 6.28. The maximum Gasteiger partial charge on any atom is 0.198 e. The van der Waals surface area contributed by atoms with Crippen molar-refractivity contribution in [2.24, 2.45) is 5.92 Å². The summed E-state index contributed by atoms with van der Waals surface area (Å²) in [5.74, 6) is 0.759. The molecule has 0 aliphatic heterocycles. The van der Waals surface area contributed by atoms with Gasteiger partial charge in [-0.15, -0.1) is 0 Å². The van der Waals surface area contributed by atoms with Crippen LogP contribution in [0, 0.1) is 5.92 Å². The Morgan fingerprint density at radius 2 is 1.20 bits per heavy atom. The van der Waals surface area contributed by atoms with Gasteiger partial charge >= 0.3 is 0 Å². The van der Waals surface area contributed by atoms with Crippen LogP contribution in [0.1, 0.15) is 110 Å². The Morgan fingerprint density at radius 3 is 1.65 bits per heavy atom. The highest BCUT2D eigenvalue weighted by Gasteiger charge is 2.05. The van der Waals surface area contributed by atoms with Crippen molar-refractivity contribution < 1.29 is 4.79 Å². The quantitative estimate of drug-likeness (QED) is 0.291. The highest BCUT2D eigenvalue weighted by molar-refractivity contribution is 5.50. The summed E-state index contributed by atoms with van der Waals surface area (Å²) in [7, 11) is 0. The molecule has 0 fully saturated rings. The van der Waals surface area contributed by atoms with Crippen LogP contribution in [0.2, 0.25) is 0 Å². The molecule has 0 aromatic carbocycles. The van der Waals surface area contributed by atoms with E-state index in [9.17, 15) is 4.79 Å². The molecule has 0 aliphatic carbocycles. The van der Waals surface area contributed by atoms with Crippen LogP contribution in [-0.2, 0) is 4.79 Å². The third-order valence-electron chi connectivity index (χ3n) is 4.45. The van der Waals surface area contributed by atoms with E-state index in [4.69, 9.17) is 0 Å². The zero-order valence-electron chi connectivity index (χ0n) is 14.1. The van der Waals surface area contributed by atoms with Gasteiger partial charge in [0.05, 0.1) is 0 Å². The molecule has 1 atom stereocenters. The van der Waals surface area contributed by atoms with Crippen LogP contribution in [0.25, 0.3) is 0 Å². The average Bonchev–Trinajstić information content (AvgIpc) is 2.48. The molecule has 0 amide bonds. The Kier molecular flexibility index (Phi) is 16.4. The van der Waals surface area contributed by atoms with Crippen molar-refractivity contribution in [1.82, 2.24) is 0 Å². The van der Waals surface area contributed by atoms with Crippen LogP contribution in [0.15, 0.2) is 0 Å². The fourth-order valence-electron chi connectivity index (χ4n) is 2.91. The molecule has 0 saturated carbocycles. The predicted molar refractivity (Wildman–Crippen MR) is 89.8 cm³/mol. The van der Waals surface area contributed by atoms with E-state index in [1.165, 1.54) is 83.5 Å². The summed E-state index contributed by atoms with van der Waals surface area (Å²) in [6, 6.07) is 0. The summed E-state index contributed by atoms with van der Waals surface area (Å²) in [6.45, 7) is 4.52. The van der Waals surface area contributed by atoms with E-state index < -0.39 is 0 Å². The van der Waals surface area contributed by atoms with Crippen molar-refractivity contribution in [1.29, 1.82) is 0 Å². The number of hydrogen-bond acceptors (Lipinski definition) is 1. The van der Waals surface area contributed by atoms with Crippen LogP contribution in [0.5, 0.6) is 0 Å². The molecule has 0 aliphatic rings. The zero-order valence-corrected chi connectivity index (χ0v) is 14.1. The molecule has 0 aromatic rings. The van der Waals surface area contributed by atoms with Gasteiger partial charge in [-0.1, -0.05) is 97.3 Å². The molecule has 1 heteroatoms. The van der Waals surface area contributed by atoms with E-state index in [2.05, 4.69) is 13.8 Å².